The summed E-state index contributed by atoms with van der Waals surface area (Å²) in [7, 11) is 0. The van der Waals surface area contributed by atoms with Crippen molar-refractivity contribution in [3.63, 3.8) is 0 Å². The minimum Gasteiger partial charge on any atom is -0.466 e. The van der Waals surface area contributed by atoms with Gasteiger partial charge in [-0.25, -0.2) is 0 Å². The molecule has 0 aromatic rings. The first-order chi connectivity index (χ1) is 37.5. The molecule has 76 heavy (non-hydrogen) atoms. The molecule has 452 valence electrons. The van der Waals surface area contributed by atoms with Crippen molar-refractivity contribution < 1.29 is 24.5 Å². The first-order valence-electron chi connectivity index (χ1n) is 34.9. The van der Waals surface area contributed by atoms with Crippen LogP contribution < -0.4 is 5.32 Å². The van der Waals surface area contributed by atoms with E-state index >= 15 is 0 Å². The van der Waals surface area contributed by atoms with Crippen molar-refractivity contribution in [1.29, 1.82) is 0 Å². The fourth-order valence-electron chi connectivity index (χ4n) is 11.2. The van der Waals surface area contributed by atoms with E-state index in [0.717, 1.165) is 38.5 Å². The second kappa shape index (κ2) is 66.1. The standard InChI is InChI=1S/C70H137NO5/c1-3-5-7-9-11-13-15-17-18-37-40-44-48-52-56-60-64-70(75)76-65-61-57-53-49-45-41-38-35-33-31-29-27-25-23-21-19-20-22-24-26-28-30-32-34-36-39-43-47-51-55-59-63-69(74)71-67(66-72)68(73)62-58-54-50-46-42-16-14-12-10-8-6-4-2/h21,23,67-68,72-73H,3-20,22,24-66H2,1-2H3,(H,71,74)/b23-21-. The Balaban J connectivity index is 3.32. The van der Waals surface area contributed by atoms with E-state index in [1.807, 2.05) is 0 Å². The van der Waals surface area contributed by atoms with Gasteiger partial charge in [-0.1, -0.05) is 347 Å². The Morgan fingerprint density at radius 2 is 0.618 bits per heavy atom. The predicted octanol–water partition coefficient (Wildman–Crippen LogP) is 22.4. The Hall–Kier alpha value is -1.40. The van der Waals surface area contributed by atoms with Gasteiger partial charge in [0.1, 0.15) is 0 Å². The molecular formula is C70H137NO5. The summed E-state index contributed by atoms with van der Waals surface area (Å²) in [4.78, 5) is 24.6. The Morgan fingerprint density at radius 3 is 0.934 bits per heavy atom. The minimum atomic E-state index is -0.661. The van der Waals surface area contributed by atoms with Crippen LogP contribution in [0.3, 0.4) is 0 Å². The third-order valence-corrected chi connectivity index (χ3v) is 16.6. The lowest BCUT2D eigenvalue weighted by atomic mass is 10.0. The quantitative estimate of drug-likeness (QED) is 0.0320. The van der Waals surface area contributed by atoms with Gasteiger partial charge in [-0.2, -0.15) is 0 Å². The summed E-state index contributed by atoms with van der Waals surface area (Å²) in [6.07, 6.45) is 81.2. The summed E-state index contributed by atoms with van der Waals surface area (Å²) >= 11 is 0. The summed E-state index contributed by atoms with van der Waals surface area (Å²) in [5, 5.41) is 23.3. The Labute approximate surface area is 476 Å². The van der Waals surface area contributed by atoms with Gasteiger partial charge in [-0.3, -0.25) is 9.59 Å². The van der Waals surface area contributed by atoms with Crippen molar-refractivity contribution in [2.75, 3.05) is 13.2 Å². The Kier molecular flexibility index (Phi) is 64.9. The smallest absolute Gasteiger partial charge is 0.305 e. The molecule has 6 nitrogen and oxygen atoms in total. The number of rotatable bonds is 66. The van der Waals surface area contributed by atoms with Crippen LogP contribution in [0.15, 0.2) is 12.2 Å². The van der Waals surface area contributed by atoms with Crippen LogP contribution in [0.1, 0.15) is 399 Å². The van der Waals surface area contributed by atoms with E-state index in [1.54, 1.807) is 0 Å². The van der Waals surface area contributed by atoms with Crippen LogP contribution in [0.4, 0.5) is 0 Å². The Bertz CT molecular complexity index is 1140. The molecule has 2 atom stereocenters. The maximum Gasteiger partial charge on any atom is 0.305 e. The summed E-state index contributed by atoms with van der Waals surface area (Å²) in [5.74, 6) is -0.00910. The van der Waals surface area contributed by atoms with Gasteiger partial charge in [0.05, 0.1) is 25.4 Å². The molecule has 0 aliphatic carbocycles. The van der Waals surface area contributed by atoms with Gasteiger partial charge in [0, 0.05) is 12.8 Å². The number of hydrogen-bond acceptors (Lipinski definition) is 5. The molecule has 0 saturated carbocycles. The van der Waals surface area contributed by atoms with Crippen molar-refractivity contribution in [2.24, 2.45) is 0 Å². The number of esters is 1. The zero-order chi connectivity index (χ0) is 55.0. The molecule has 0 fully saturated rings. The number of unbranched alkanes of at least 4 members (excludes halogenated alkanes) is 53. The minimum absolute atomic E-state index is 0.0220. The van der Waals surface area contributed by atoms with E-state index in [9.17, 15) is 19.8 Å². The number of carbonyl (C=O) groups is 2. The number of allylic oxidation sites excluding steroid dienone is 2. The van der Waals surface area contributed by atoms with Gasteiger partial charge < -0.3 is 20.3 Å². The van der Waals surface area contributed by atoms with Gasteiger partial charge >= 0.3 is 5.97 Å². The van der Waals surface area contributed by atoms with Crippen LogP contribution >= 0.6 is 0 Å². The zero-order valence-corrected chi connectivity index (χ0v) is 51.8. The fourth-order valence-corrected chi connectivity index (χ4v) is 11.2. The van der Waals surface area contributed by atoms with Gasteiger partial charge in [0.25, 0.3) is 0 Å². The summed E-state index contributed by atoms with van der Waals surface area (Å²) in [6, 6.07) is -0.538. The van der Waals surface area contributed by atoms with Gasteiger partial charge in [-0.15, -0.1) is 0 Å². The van der Waals surface area contributed by atoms with E-state index in [2.05, 4.69) is 31.3 Å². The number of carbonyl (C=O) groups excluding carboxylic acids is 2. The summed E-state index contributed by atoms with van der Waals surface area (Å²) in [6.45, 7) is 4.99. The monoisotopic (exact) mass is 1070 g/mol. The van der Waals surface area contributed by atoms with Gasteiger partial charge in [0.15, 0.2) is 0 Å². The molecule has 0 spiro atoms. The summed E-state index contributed by atoms with van der Waals surface area (Å²) in [5.41, 5.74) is 0. The molecule has 0 heterocycles. The highest BCUT2D eigenvalue weighted by Gasteiger charge is 2.20. The average molecular weight is 1070 g/mol. The maximum absolute atomic E-state index is 12.5. The molecule has 6 heteroatoms. The fraction of sp³-hybridized carbons (Fsp3) is 0.943. The first-order valence-corrected chi connectivity index (χ1v) is 34.9. The number of aliphatic hydroxyl groups is 2. The van der Waals surface area contributed by atoms with E-state index in [-0.39, 0.29) is 18.5 Å². The third kappa shape index (κ3) is 61.8. The predicted molar refractivity (Wildman–Crippen MR) is 333 cm³/mol. The second-order valence-corrected chi connectivity index (χ2v) is 24.2. The summed E-state index contributed by atoms with van der Waals surface area (Å²) < 4.78 is 5.50. The van der Waals surface area contributed by atoms with Crippen molar-refractivity contribution in [2.45, 2.75) is 411 Å². The Morgan fingerprint density at radius 1 is 0.355 bits per heavy atom. The lowest BCUT2D eigenvalue weighted by Gasteiger charge is -2.22. The highest BCUT2D eigenvalue weighted by atomic mass is 16.5. The van der Waals surface area contributed by atoms with Crippen molar-refractivity contribution in [3.8, 4) is 0 Å². The van der Waals surface area contributed by atoms with Crippen molar-refractivity contribution >= 4 is 11.9 Å². The van der Waals surface area contributed by atoms with E-state index < -0.39 is 12.1 Å². The molecule has 2 unspecified atom stereocenters. The molecule has 0 rings (SSSR count). The highest BCUT2D eigenvalue weighted by molar-refractivity contribution is 5.76. The molecule has 0 aliphatic rings. The molecule has 0 aromatic carbocycles. The average Bonchev–Trinajstić information content (AvgIpc) is 3.42. The number of ether oxygens (including phenoxy) is 1. The molecule has 3 N–H and O–H groups in total. The van der Waals surface area contributed by atoms with Crippen LogP contribution in [0, 0.1) is 0 Å². The van der Waals surface area contributed by atoms with E-state index in [1.165, 1.54) is 327 Å². The SMILES string of the molecule is CCCCCCCCCCCCCCCCCCC(=O)OCCCCCCCCCCCCCC/C=C\CCCCCCCCCCCCCCCCCC(=O)NC(CO)C(O)CCCCCCCCCCCCCC. The molecule has 0 aromatic heterocycles. The maximum atomic E-state index is 12.5. The van der Waals surface area contributed by atoms with Crippen LogP contribution in [0.2, 0.25) is 0 Å². The van der Waals surface area contributed by atoms with E-state index in [0.29, 0.717) is 25.9 Å². The molecule has 0 bridgehead atoms. The van der Waals surface area contributed by atoms with Gasteiger partial charge in [0.2, 0.25) is 5.91 Å². The van der Waals surface area contributed by atoms with E-state index in [4.69, 9.17) is 4.74 Å². The lowest BCUT2D eigenvalue weighted by Crippen LogP contribution is -2.45. The number of hydrogen-bond donors (Lipinski definition) is 3. The largest absolute Gasteiger partial charge is 0.466 e. The lowest BCUT2D eigenvalue weighted by molar-refractivity contribution is -0.143. The van der Waals surface area contributed by atoms with Crippen LogP contribution in [-0.4, -0.2) is 47.4 Å². The first kappa shape index (κ1) is 74.6. The van der Waals surface area contributed by atoms with Gasteiger partial charge in [-0.05, 0) is 51.4 Å². The van der Waals surface area contributed by atoms with Crippen molar-refractivity contribution in [1.82, 2.24) is 5.32 Å². The van der Waals surface area contributed by atoms with Crippen LogP contribution in [-0.2, 0) is 14.3 Å². The molecule has 1 amide bonds. The van der Waals surface area contributed by atoms with Crippen LogP contribution in [0.25, 0.3) is 0 Å². The second-order valence-electron chi connectivity index (χ2n) is 24.2. The number of amides is 1. The molecule has 0 radical (unpaired) electrons. The topological polar surface area (TPSA) is 95.9 Å². The third-order valence-electron chi connectivity index (χ3n) is 16.6. The molecule has 0 aliphatic heterocycles. The number of aliphatic hydroxyl groups excluding tert-OH is 2. The number of nitrogens with one attached hydrogen (secondary N) is 1. The zero-order valence-electron chi connectivity index (χ0n) is 51.8. The van der Waals surface area contributed by atoms with Crippen LogP contribution in [0.5, 0.6) is 0 Å². The highest BCUT2D eigenvalue weighted by Crippen LogP contribution is 2.19. The normalized spacial score (nSPS) is 12.5. The van der Waals surface area contributed by atoms with Crippen molar-refractivity contribution in [3.05, 3.63) is 12.2 Å². The molecular weight excluding hydrogens is 935 g/mol. The molecule has 0 saturated heterocycles.